The molecule has 0 saturated carbocycles. The molecule has 1 unspecified atom stereocenters. The number of nitrogens with zero attached hydrogens (tertiary/aromatic N) is 4. The number of likely N-dealkylation sites (tertiary alicyclic amines) is 1. The van der Waals surface area contributed by atoms with E-state index >= 15 is 0 Å². The van der Waals surface area contributed by atoms with Crippen LogP contribution in [0.4, 0.5) is 4.79 Å². The summed E-state index contributed by atoms with van der Waals surface area (Å²) in [6.07, 6.45) is 3.29. The summed E-state index contributed by atoms with van der Waals surface area (Å²) in [5.74, 6) is -0.221. The summed E-state index contributed by atoms with van der Waals surface area (Å²) < 4.78 is 5.25. The number of aryl methyl sites for hydroxylation is 2. The summed E-state index contributed by atoms with van der Waals surface area (Å²) in [4.78, 5) is 36.9. The summed E-state index contributed by atoms with van der Waals surface area (Å²) in [5, 5.41) is 5.38. The zero-order chi connectivity index (χ0) is 29.5. The van der Waals surface area contributed by atoms with Crippen LogP contribution in [0.25, 0.3) is 0 Å². The number of hydrogen-bond acceptors (Lipinski definition) is 6. The minimum atomic E-state index is -0.186. The molecule has 2 aromatic carbocycles. The fourth-order valence-corrected chi connectivity index (χ4v) is 6.18. The molecule has 222 valence electrons. The largest absolute Gasteiger partial charge is 0.449 e. The third-order valence-corrected chi connectivity index (χ3v) is 8.65. The van der Waals surface area contributed by atoms with Crippen LogP contribution in [0.1, 0.15) is 58.6 Å². The maximum atomic E-state index is 13.4. The molecule has 0 aliphatic carbocycles. The fourth-order valence-electron chi connectivity index (χ4n) is 5.87. The summed E-state index contributed by atoms with van der Waals surface area (Å²) in [5.41, 5.74) is 4.43. The van der Waals surface area contributed by atoms with Gasteiger partial charge in [0, 0.05) is 44.2 Å². The van der Waals surface area contributed by atoms with Gasteiger partial charge in [0.15, 0.2) is 0 Å². The Labute approximate surface area is 253 Å². The van der Waals surface area contributed by atoms with E-state index in [2.05, 4.69) is 16.1 Å². The van der Waals surface area contributed by atoms with Gasteiger partial charge in [-0.3, -0.25) is 4.79 Å². The third-order valence-electron chi connectivity index (χ3n) is 7.91. The van der Waals surface area contributed by atoms with E-state index in [1.165, 1.54) is 7.11 Å². The molecule has 0 aromatic heterocycles. The topological polar surface area (TPSA) is 74.7 Å². The highest BCUT2D eigenvalue weighted by Gasteiger charge is 2.31. The average Bonchev–Trinajstić information content (AvgIpc) is 2.94. The van der Waals surface area contributed by atoms with Crippen molar-refractivity contribution in [3.8, 4) is 0 Å². The fraction of sp³-hybridized carbons (Fsp3) is 0.516. The molecule has 1 atom stereocenters. The van der Waals surface area contributed by atoms with E-state index in [0.29, 0.717) is 28.8 Å². The van der Waals surface area contributed by atoms with Crippen LogP contribution in [0.15, 0.2) is 41.6 Å². The maximum absolute atomic E-state index is 13.4. The molecule has 0 radical (unpaired) electrons. The first-order valence-corrected chi connectivity index (χ1v) is 15.0. The average molecular weight is 604 g/mol. The number of hydrogen-bond donors (Lipinski definition) is 0. The molecule has 2 fully saturated rings. The van der Waals surface area contributed by atoms with Crippen LogP contribution < -0.4 is 0 Å². The van der Waals surface area contributed by atoms with Crippen molar-refractivity contribution in [3.63, 3.8) is 0 Å². The van der Waals surface area contributed by atoms with E-state index in [1.807, 2.05) is 43.0 Å². The predicted octanol–water partition coefficient (Wildman–Crippen LogP) is 6.17. The number of cyclic esters (lactones) is 1. The first kappa shape index (κ1) is 31.1. The molecule has 2 aliphatic heterocycles. The first-order valence-electron chi connectivity index (χ1n) is 14.2. The molecule has 0 bridgehead atoms. The van der Waals surface area contributed by atoms with E-state index in [0.717, 1.165) is 74.3 Å². The second kappa shape index (κ2) is 14.4. The molecule has 2 heterocycles. The van der Waals surface area contributed by atoms with Gasteiger partial charge in [-0.05, 0) is 75.9 Å². The second-order valence-electron chi connectivity index (χ2n) is 11.1. The SMILES string of the molecule is CO/N=C(\CN(C)C(=O)c1cc(C)cc(C)c1)C(CCN1CCC(N2CCCOC2=O)CC1)c1ccc(Cl)c(Cl)c1. The summed E-state index contributed by atoms with van der Waals surface area (Å²) in [6.45, 7) is 8.17. The number of rotatable bonds is 10. The molecular formula is C31H40Cl2N4O4. The van der Waals surface area contributed by atoms with Crippen LogP contribution in [-0.4, -0.2) is 91.9 Å². The van der Waals surface area contributed by atoms with Crippen molar-refractivity contribution in [2.45, 2.75) is 51.5 Å². The van der Waals surface area contributed by atoms with Crippen LogP contribution in [0.5, 0.6) is 0 Å². The van der Waals surface area contributed by atoms with Crippen molar-refractivity contribution in [3.05, 3.63) is 68.7 Å². The van der Waals surface area contributed by atoms with Crippen molar-refractivity contribution in [1.29, 1.82) is 0 Å². The molecule has 4 rings (SSSR count). The highest BCUT2D eigenvalue weighted by Crippen LogP contribution is 2.31. The molecule has 2 aromatic rings. The molecule has 2 saturated heterocycles. The van der Waals surface area contributed by atoms with Crippen LogP contribution >= 0.6 is 23.2 Å². The van der Waals surface area contributed by atoms with E-state index in [1.54, 1.807) is 18.0 Å². The van der Waals surface area contributed by atoms with Crippen LogP contribution in [0, 0.1) is 13.8 Å². The van der Waals surface area contributed by atoms with Gasteiger partial charge >= 0.3 is 6.09 Å². The van der Waals surface area contributed by atoms with Gasteiger partial charge in [-0.2, -0.15) is 0 Å². The van der Waals surface area contributed by atoms with Gasteiger partial charge < -0.3 is 24.3 Å². The van der Waals surface area contributed by atoms with E-state index in [9.17, 15) is 9.59 Å². The van der Waals surface area contributed by atoms with Crippen LogP contribution in [0.2, 0.25) is 10.0 Å². The summed E-state index contributed by atoms with van der Waals surface area (Å²) in [6, 6.07) is 11.7. The lowest BCUT2D eigenvalue weighted by molar-refractivity contribution is 0.0376. The molecule has 2 amide bonds. The molecule has 0 spiro atoms. The second-order valence-corrected chi connectivity index (χ2v) is 11.9. The van der Waals surface area contributed by atoms with Gasteiger partial charge in [-0.1, -0.05) is 51.6 Å². The molecule has 0 N–H and O–H groups in total. The third kappa shape index (κ3) is 8.15. The summed E-state index contributed by atoms with van der Waals surface area (Å²) in [7, 11) is 3.31. The number of halogens is 2. The van der Waals surface area contributed by atoms with Crippen LogP contribution in [-0.2, 0) is 9.57 Å². The Balaban J connectivity index is 1.48. The highest BCUT2D eigenvalue weighted by molar-refractivity contribution is 6.42. The molecule has 41 heavy (non-hydrogen) atoms. The van der Waals surface area contributed by atoms with Gasteiger partial charge in [-0.15, -0.1) is 0 Å². The van der Waals surface area contributed by atoms with E-state index < -0.39 is 0 Å². The Kier molecular flexibility index (Phi) is 10.9. The molecule has 10 heteroatoms. The zero-order valence-corrected chi connectivity index (χ0v) is 25.9. The minimum absolute atomic E-state index is 0.0770. The Morgan fingerprint density at radius 2 is 1.80 bits per heavy atom. The maximum Gasteiger partial charge on any atom is 0.410 e. The zero-order valence-electron chi connectivity index (χ0n) is 24.4. The number of carbonyl (C=O) groups is 2. The molecular weight excluding hydrogens is 563 g/mol. The van der Waals surface area contributed by atoms with Gasteiger partial charge in [-0.25, -0.2) is 4.79 Å². The van der Waals surface area contributed by atoms with E-state index in [4.69, 9.17) is 32.8 Å². The Bertz CT molecular complexity index is 1240. The number of benzene rings is 2. The van der Waals surface area contributed by atoms with Crippen molar-refractivity contribution >= 4 is 40.9 Å². The van der Waals surface area contributed by atoms with E-state index in [-0.39, 0.29) is 24.0 Å². The van der Waals surface area contributed by atoms with Gasteiger partial charge in [0.05, 0.1) is 28.9 Å². The Hall–Kier alpha value is -2.81. The lowest BCUT2D eigenvalue weighted by Gasteiger charge is -2.39. The number of carbonyl (C=O) groups excluding carboxylic acids is 2. The number of ether oxygens (including phenoxy) is 1. The Morgan fingerprint density at radius 3 is 2.44 bits per heavy atom. The first-order chi connectivity index (χ1) is 19.7. The predicted molar refractivity (Wildman–Crippen MR) is 163 cm³/mol. The lowest BCUT2D eigenvalue weighted by atomic mass is 9.89. The number of amides is 2. The van der Waals surface area contributed by atoms with Crippen LogP contribution in [0.3, 0.4) is 0 Å². The van der Waals surface area contributed by atoms with Crippen molar-refractivity contribution in [2.75, 3.05) is 53.5 Å². The Morgan fingerprint density at radius 1 is 1.10 bits per heavy atom. The summed E-state index contributed by atoms with van der Waals surface area (Å²) >= 11 is 12.7. The number of piperidine rings is 1. The lowest BCUT2D eigenvalue weighted by Crippen LogP contribution is -2.50. The van der Waals surface area contributed by atoms with Gasteiger partial charge in [0.2, 0.25) is 0 Å². The number of oxime groups is 1. The van der Waals surface area contributed by atoms with Gasteiger partial charge in [0.1, 0.15) is 7.11 Å². The standard InChI is InChI=1S/C31H40Cl2N4O4/c1-21-16-22(2)18-24(17-21)30(38)35(3)20-29(34-40-4)26(23-6-7-27(32)28(33)19-23)10-14-36-12-8-25(9-13-36)37-11-5-15-41-31(37)39/h6-7,16-19,25-26H,5,8-15,20H2,1-4H3/b34-29+. The van der Waals surface area contributed by atoms with Crippen molar-refractivity contribution in [1.82, 2.24) is 14.7 Å². The van der Waals surface area contributed by atoms with Gasteiger partial charge in [0.25, 0.3) is 5.91 Å². The molecule has 8 nitrogen and oxygen atoms in total. The monoisotopic (exact) mass is 602 g/mol. The highest BCUT2D eigenvalue weighted by atomic mass is 35.5. The smallest absolute Gasteiger partial charge is 0.410 e. The minimum Gasteiger partial charge on any atom is -0.449 e. The normalized spacial score (nSPS) is 17.8. The molecule has 2 aliphatic rings. The quantitative estimate of drug-likeness (QED) is 0.240. The van der Waals surface area contributed by atoms with Crippen molar-refractivity contribution in [2.24, 2.45) is 5.16 Å². The van der Waals surface area contributed by atoms with Crippen molar-refractivity contribution < 1.29 is 19.2 Å².